The molecule has 2 aliphatic heterocycles. The van der Waals surface area contributed by atoms with Gasteiger partial charge in [0, 0.05) is 30.3 Å². The van der Waals surface area contributed by atoms with Crippen LogP contribution < -0.4 is 0 Å². The van der Waals surface area contributed by atoms with Crippen LogP contribution in [-0.4, -0.2) is 114 Å². The lowest BCUT2D eigenvalue weighted by Crippen LogP contribution is -2.58. The van der Waals surface area contributed by atoms with Crippen LogP contribution in [0.15, 0.2) is 113 Å². The number of fused-ring (bicyclic) bond motifs is 2. The van der Waals surface area contributed by atoms with Gasteiger partial charge in [0.05, 0.1) is 42.5 Å². The molecule has 0 saturated carbocycles. The smallest absolute Gasteiger partial charge is 0.331 e. The number of oxazole rings is 1. The number of carbonyl (C=O) groups is 1. The number of hydrogen-bond donors (Lipinski definition) is 7. The van der Waals surface area contributed by atoms with Crippen molar-refractivity contribution in [3.8, 4) is 0 Å². The zero-order chi connectivity index (χ0) is 43.6. The van der Waals surface area contributed by atoms with E-state index in [-0.39, 0.29) is 24.7 Å². The van der Waals surface area contributed by atoms with Crippen LogP contribution in [0.3, 0.4) is 0 Å². The summed E-state index contributed by atoms with van der Waals surface area (Å²) < 4.78 is 23.4. The summed E-state index contributed by atoms with van der Waals surface area (Å²) in [7, 11) is 0. The number of carbonyl (C=O) groups excluding carboxylic acids is 1. The SMILES string of the molecule is CC1=CC(C)C(O[C@@H]2O[C@H](C)[C@@H](O)[C@H](O)[C@H]2O)/C=C\C=C\c2coc(n2)C(C)C(O)CC(O)/C=C/C=C/C=C\C(C)C(C(C)C(O)CC(C)O)OC(=O)/C=C\C=C/C=C1. The van der Waals surface area contributed by atoms with Gasteiger partial charge in [-0.15, -0.1) is 0 Å². The van der Waals surface area contributed by atoms with Crippen molar-refractivity contribution in [2.45, 2.75) is 135 Å². The average Bonchev–Trinajstić information content (AvgIpc) is 3.66. The molecule has 326 valence electrons. The molecule has 7 N–H and O–H groups in total. The molecule has 1 aromatic heterocycles. The highest BCUT2D eigenvalue weighted by atomic mass is 16.7. The predicted molar refractivity (Wildman–Crippen MR) is 225 cm³/mol. The highest BCUT2D eigenvalue weighted by Crippen LogP contribution is 2.27. The molecule has 0 aliphatic carbocycles. The Balaban J connectivity index is 1.91. The van der Waals surface area contributed by atoms with E-state index in [1.165, 1.54) is 12.3 Å². The fourth-order valence-electron chi connectivity index (χ4n) is 6.59. The fourth-order valence-corrected chi connectivity index (χ4v) is 6.59. The van der Waals surface area contributed by atoms with E-state index in [4.69, 9.17) is 18.6 Å². The molecule has 3 heterocycles. The van der Waals surface area contributed by atoms with E-state index < -0.39 is 85.1 Å². The van der Waals surface area contributed by atoms with Gasteiger partial charge in [-0.05, 0) is 33.3 Å². The Morgan fingerprint density at radius 3 is 2.10 bits per heavy atom. The topological polar surface area (TPSA) is 212 Å². The highest BCUT2D eigenvalue weighted by molar-refractivity contribution is 5.82. The van der Waals surface area contributed by atoms with E-state index in [0.29, 0.717) is 11.6 Å². The van der Waals surface area contributed by atoms with E-state index in [1.54, 1.807) is 107 Å². The molecule has 2 aliphatic rings. The average molecular weight is 824 g/mol. The number of allylic oxidation sites excluding steroid dienone is 12. The van der Waals surface area contributed by atoms with Gasteiger partial charge in [-0.1, -0.05) is 124 Å². The third kappa shape index (κ3) is 16.5. The Morgan fingerprint density at radius 1 is 0.780 bits per heavy atom. The van der Waals surface area contributed by atoms with E-state index in [9.17, 15) is 40.5 Å². The Bertz CT molecular complexity index is 1700. The molecule has 1 fully saturated rings. The van der Waals surface area contributed by atoms with Gasteiger partial charge >= 0.3 is 5.97 Å². The molecule has 0 aromatic carbocycles. The number of rotatable bonds is 6. The summed E-state index contributed by atoms with van der Waals surface area (Å²) in [6.45, 7) is 12.4. The van der Waals surface area contributed by atoms with Gasteiger partial charge in [0.1, 0.15) is 36.4 Å². The molecule has 13 nitrogen and oxygen atoms in total. The zero-order valence-corrected chi connectivity index (χ0v) is 35.1. The fraction of sp³-hybridized carbons (Fsp3) is 0.522. The molecule has 59 heavy (non-hydrogen) atoms. The second-order valence-corrected chi connectivity index (χ2v) is 15.6. The Labute approximate surface area is 348 Å². The van der Waals surface area contributed by atoms with Gasteiger partial charge in [0.25, 0.3) is 0 Å². The summed E-state index contributed by atoms with van der Waals surface area (Å²) >= 11 is 0. The molecule has 15 atom stereocenters. The molecule has 10 unspecified atom stereocenters. The normalized spacial score (nSPS) is 37.6. The summed E-state index contributed by atoms with van der Waals surface area (Å²) in [5.41, 5.74) is 1.39. The molecule has 1 saturated heterocycles. The first kappa shape index (κ1) is 49.3. The number of ether oxygens (including phenoxy) is 3. The van der Waals surface area contributed by atoms with Crippen LogP contribution in [0.1, 0.15) is 78.8 Å². The molecule has 13 heteroatoms. The van der Waals surface area contributed by atoms with Crippen molar-refractivity contribution in [3.63, 3.8) is 0 Å². The quantitative estimate of drug-likeness (QED) is 0.190. The Morgan fingerprint density at radius 2 is 1.41 bits per heavy atom. The molecule has 0 amide bonds. The van der Waals surface area contributed by atoms with Crippen LogP contribution in [0.25, 0.3) is 6.08 Å². The Hall–Kier alpha value is -4.02. The number of cyclic esters (lactones) is 1. The van der Waals surface area contributed by atoms with Crippen LogP contribution in [0, 0.1) is 17.8 Å². The molecule has 3 rings (SSSR count). The van der Waals surface area contributed by atoms with E-state index in [0.717, 1.165) is 5.57 Å². The van der Waals surface area contributed by atoms with Crippen molar-refractivity contribution in [3.05, 3.63) is 121 Å². The maximum Gasteiger partial charge on any atom is 0.331 e. The summed E-state index contributed by atoms with van der Waals surface area (Å²) in [5.74, 6) is -1.88. The van der Waals surface area contributed by atoms with E-state index >= 15 is 0 Å². The van der Waals surface area contributed by atoms with Crippen molar-refractivity contribution in [2.75, 3.05) is 0 Å². The number of aliphatic hydroxyl groups is 7. The number of nitrogens with zero attached hydrogens (tertiary/aromatic N) is 1. The number of aromatic nitrogens is 1. The molecule has 0 radical (unpaired) electrons. The summed E-state index contributed by atoms with van der Waals surface area (Å²) in [6, 6.07) is 0. The van der Waals surface area contributed by atoms with Crippen LogP contribution in [0.5, 0.6) is 0 Å². The summed E-state index contributed by atoms with van der Waals surface area (Å²) in [5, 5.41) is 73.3. The first-order valence-electron chi connectivity index (χ1n) is 20.3. The molecule has 2 bridgehead atoms. The van der Waals surface area contributed by atoms with Gasteiger partial charge in [0.2, 0.25) is 0 Å². The van der Waals surface area contributed by atoms with Crippen LogP contribution in [-0.2, 0) is 19.0 Å². The van der Waals surface area contributed by atoms with Gasteiger partial charge < -0.3 is 54.4 Å². The lowest BCUT2D eigenvalue weighted by Gasteiger charge is -2.40. The molecule has 1 aromatic rings. The molecule has 0 spiro atoms. The van der Waals surface area contributed by atoms with Crippen molar-refractivity contribution in [1.29, 1.82) is 0 Å². The monoisotopic (exact) mass is 823 g/mol. The lowest BCUT2D eigenvalue weighted by molar-refractivity contribution is -0.302. The van der Waals surface area contributed by atoms with Gasteiger partial charge in [0.15, 0.2) is 12.2 Å². The minimum absolute atomic E-state index is 0.0378. The van der Waals surface area contributed by atoms with E-state index in [2.05, 4.69) is 4.98 Å². The minimum Gasteiger partial charge on any atom is -0.458 e. The largest absolute Gasteiger partial charge is 0.458 e. The number of esters is 1. The van der Waals surface area contributed by atoms with Gasteiger partial charge in [-0.25, -0.2) is 9.78 Å². The number of hydrogen-bond acceptors (Lipinski definition) is 13. The zero-order valence-electron chi connectivity index (χ0n) is 35.1. The molecular formula is C46H65NO12. The van der Waals surface area contributed by atoms with Gasteiger partial charge in [-0.2, -0.15) is 0 Å². The third-order valence-electron chi connectivity index (χ3n) is 10.3. The molecular weight excluding hydrogens is 759 g/mol. The van der Waals surface area contributed by atoms with E-state index in [1.807, 2.05) is 39.0 Å². The predicted octanol–water partition coefficient (Wildman–Crippen LogP) is 4.92. The first-order chi connectivity index (χ1) is 28.0. The Kier molecular flexibility index (Phi) is 20.8. The first-order valence-corrected chi connectivity index (χ1v) is 20.3. The summed E-state index contributed by atoms with van der Waals surface area (Å²) in [4.78, 5) is 17.4. The lowest BCUT2D eigenvalue weighted by atomic mass is 9.86. The number of aliphatic hydroxyl groups excluding tert-OH is 7. The maximum atomic E-state index is 12.9. The highest BCUT2D eigenvalue weighted by Gasteiger charge is 2.43. The third-order valence-corrected chi connectivity index (χ3v) is 10.3. The minimum atomic E-state index is -1.49. The van der Waals surface area contributed by atoms with Crippen LogP contribution in [0.4, 0.5) is 0 Å². The van der Waals surface area contributed by atoms with Crippen LogP contribution in [0.2, 0.25) is 0 Å². The van der Waals surface area contributed by atoms with Crippen molar-refractivity contribution >= 4 is 12.0 Å². The van der Waals surface area contributed by atoms with Gasteiger partial charge in [-0.3, -0.25) is 0 Å². The summed E-state index contributed by atoms with van der Waals surface area (Å²) in [6.07, 6.45) is 19.7. The van der Waals surface area contributed by atoms with Crippen molar-refractivity contribution < 1.29 is 59.2 Å². The van der Waals surface area contributed by atoms with Crippen molar-refractivity contribution in [1.82, 2.24) is 4.98 Å². The maximum absolute atomic E-state index is 12.9. The van der Waals surface area contributed by atoms with Crippen LogP contribution >= 0.6 is 0 Å². The van der Waals surface area contributed by atoms with Crippen molar-refractivity contribution in [2.24, 2.45) is 17.8 Å². The second kappa shape index (κ2) is 24.9. The standard InChI is InChI=1S/C46H65NO12/c1-28-18-12-8-11-15-23-40(52)59-44(32(5)37(50)25-31(4)48)29(2)19-13-9-10-14-21-36(49)26-38(51)33(6)45-47-35(27-56-45)20-16-17-22-39(30(3)24-28)58-46-43(55)42(54)41(53)34(7)57-46/h8-24,27,29-34,36-39,41-44,46,48-51,53-55H,25-26H2,1-7H3/b10-9+,11-8-,18-12?,19-13-,20-16+,21-14+,22-17-,23-15-,28-24?/t29?,30?,31?,32?,33?,34-,36?,37?,38?,39?,41-,42+,43-,44?,46+/m1/s1. The second-order valence-electron chi connectivity index (χ2n) is 15.6.